The van der Waals surface area contributed by atoms with E-state index in [1.165, 1.54) is 11.6 Å². The number of anilines is 1. The van der Waals surface area contributed by atoms with Crippen molar-refractivity contribution in [2.45, 2.75) is 13.8 Å². The summed E-state index contributed by atoms with van der Waals surface area (Å²) >= 11 is 0. The Labute approximate surface area is 191 Å². The fraction of sp³-hybridized carbons (Fsp3) is 0.148. The van der Waals surface area contributed by atoms with E-state index in [1.807, 2.05) is 74.5 Å². The number of aromatic nitrogens is 1. The van der Waals surface area contributed by atoms with Crippen molar-refractivity contribution in [3.8, 4) is 11.1 Å². The molecule has 1 heterocycles. The standard InChI is InChI=1S/C27H24N2O4/c1-17-13-14-18(2)22(15-17)28-23(30)16-33-27(32)25-24(19-9-5-4-6-10-19)20-11-7-8-12-21(20)26(31)29(25)3/h4-15H,16H2,1-3H3,(H,28,30). The van der Waals surface area contributed by atoms with Crippen LogP contribution in [0.4, 0.5) is 5.69 Å². The summed E-state index contributed by atoms with van der Waals surface area (Å²) in [4.78, 5) is 38.6. The minimum absolute atomic E-state index is 0.101. The molecule has 0 aliphatic rings. The molecule has 4 aromatic rings. The number of amides is 1. The van der Waals surface area contributed by atoms with Crippen LogP contribution in [0.15, 0.2) is 77.6 Å². The molecule has 0 unspecified atom stereocenters. The molecule has 0 aliphatic heterocycles. The molecule has 0 aliphatic carbocycles. The number of hydrogen-bond donors (Lipinski definition) is 1. The molecule has 1 N–H and O–H groups in total. The van der Waals surface area contributed by atoms with Crippen LogP contribution in [0.5, 0.6) is 0 Å². The highest BCUT2D eigenvalue weighted by Crippen LogP contribution is 2.30. The van der Waals surface area contributed by atoms with E-state index in [2.05, 4.69) is 5.32 Å². The average molecular weight is 440 g/mol. The van der Waals surface area contributed by atoms with Gasteiger partial charge in [-0.05, 0) is 48.1 Å². The molecule has 0 radical (unpaired) electrons. The third-order valence-corrected chi connectivity index (χ3v) is 5.56. The van der Waals surface area contributed by atoms with Crippen molar-refractivity contribution in [3.05, 3.63) is 100.0 Å². The summed E-state index contributed by atoms with van der Waals surface area (Å²) in [5.74, 6) is -1.19. The van der Waals surface area contributed by atoms with E-state index < -0.39 is 18.5 Å². The van der Waals surface area contributed by atoms with Crippen LogP contribution < -0.4 is 10.9 Å². The number of nitrogens with one attached hydrogen (secondary N) is 1. The Bertz CT molecular complexity index is 1420. The first-order valence-corrected chi connectivity index (χ1v) is 10.6. The molecule has 0 saturated carbocycles. The molecule has 3 aromatic carbocycles. The van der Waals surface area contributed by atoms with Crippen LogP contribution in [0, 0.1) is 13.8 Å². The monoisotopic (exact) mass is 440 g/mol. The van der Waals surface area contributed by atoms with Crippen molar-refractivity contribution >= 4 is 28.3 Å². The highest BCUT2D eigenvalue weighted by molar-refractivity contribution is 6.07. The average Bonchev–Trinajstić information content (AvgIpc) is 2.82. The van der Waals surface area contributed by atoms with Gasteiger partial charge in [-0.1, -0.05) is 60.7 Å². The number of ether oxygens (including phenoxy) is 1. The number of pyridine rings is 1. The molecular weight excluding hydrogens is 416 g/mol. The summed E-state index contributed by atoms with van der Waals surface area (Å²) in [5.41, 5.74) is 3.74. The lowest BCUT2D eigenvalue weighted by atomic mass is 9.97. The van der Waals surface area contributed by atoms with E-state index in [9.17, 15) is 14.4 Å². The Morgan fingerprint density at radius 3 is 2.30 bits per heavy atom. The molecule has 0 atom stereocenters. The zero-order valence-electron chi connectivity index (χ0n) is 18.7. The molecule has 0 saturated heterocycles. The maximum Gasteiger partial charge on any atom is 0.356 e. The Hall–Kier alpha value is -4.19. The van der Waals surface area contributed by atoms with Crippen LogP contribution in [-0.4, -0.2) is 23.1 Å². The molecule has 1 amide bonds. The second-order valence-corrected chi connectivity index (χ2v) is 7.94. The van der Waals surface area contributed by atoms with Gasteiger partial charge in [-0.3, -0.25) is 9.59 Å². The summed E-state index contributed by atoms with van der Waals surface area (Å²) in [5, 5.41) is 3.93. The molecule has 0 bridgehead atoms. The maximum atomic E-state index is 13.2. The van der Waals surface area contributed by atoms with E-state index in [1.54, 1.807) is 12.1 Å². The molecule has 4 rings (SSSR count). The second kappa shape index (κ2) is 9.12. The fourth-order valence-electron chi connectivity index (χ4n) is 3.86. The Morgan fingerprint density at radius 2 is 1.58 bits per heavy atom. The van der Waals surface area contributed by atoms with Crippen molar-refractivity contribution in [1.29, 1.82) is 0 Å². The third-order valence-electron chi connectivity index (χ3n) is 5.56. The normalized spacial score (nSPS) is 10.8. The van der Waals surface area contributed by atoms with Crippen LogP contribution in [0.2, 0.25) is 0 Å². The summed E-state index contributed by atoms with van der Waals surface area (Å²) in [6.07, 6.45) is 0. The first kappa shape index (κ1) is 22.0. The Kier molecular flexibility index (Phi) is 6.09. The molecular formula is C27H24N2O4. The molecule has 0 spiro atoms. The van der Waals surface area contributed by atoms with Crippen molar-refractivity contribution in [1.82, 2.24) is 4.57 Å². The maximum absolute atomic E-state index is 13.2. The lowest BCUT2D eigenvalue weighted by Crippen LogP contribution is -2.28. The molecule has 1 aromatic heterocycles. The van der Waals surface area contributed by atoms with Gasteiger partial charge in [0.15, 0.2) is 6.61 Å². The Morgan fingerprint density at radius 1 is 0.909 bits per heavy atom. The van der Waals surface area contributed by atoms with Gasteiger partial charge >= 0.3 is 5.97 Å². The molecule has 6 nitrogen and oxygen atoms in total. The van der Waals surface area contributed by atoms with Crippen molar-refractivity contribution in [2.24, 2.45) is 7.05 Å². The number of benzene rings is 3. The van der Waals surface area contributed by atoms with Gasteiger partial charge in [0.25, 0.3) is 11.5 Å². The summed E-state index contributed by atoms with van der Waals surface area (Å²) in [6, 6.07) is 22.2. The number of hydrogen-bond acceptors (Lipinski definition) is 4. The van der Waals surface area contributed by atoms with Gasteiger partial charge in [0.1, 0.15) is 5.69 Å². The van der Waals surface area contributed by atoms with Gasteiger partial charge < -0.3 is 14.6 Å². The van der Waals surface area contributed by atoms with Crippen LogP contribution >= 0.6 is 0 Å². The second-order valence-electron chi connectivity index (χ2n) is 7.94. The first-order chi connectivity index (χ1) is 15.9. The predicted molar refractivity (Wildman–Crippen MR) is 129 cm³/mol. The fourth-order valence-corrected chi connectivity index (χ4v) is 3.86. The molecule has 33 heavy (non-hydrogen) atoms. The smallest absolute Gasteiger partial charge is 0.356 e. The lowest BCUT2D eigenvalue weighted by Gasteiger charge is -2.17. The van der Waals surface area contributed by atoms with Gasteiger partial charge in [0.2, 0.25) is 0 Å². The van der Waals surface area contributed by atoms with Gasteiger partial charge in [0.05, 0.1) is 0 Å². The number of aryl methyl sites for hydroxylation is 2. The molecule has 0 fully saturated rings. The SMILES string of the molecule is Cc1ccc(C)c(NC(=O)COC(=O)c2c(-c3ccccc3)c3ccccc3c(=O)n2C)c1. The van der Waals surface area contributed by atoms with Crippen LogP contribution in [-0.2, 0) is 16.6 Å². The zero-order valence-corrected chi connectivity index (χ0v) is 18.7. The quantitative estimate of drug-likeness (QED) is 0.460. The predicted octanol–water partition coefficient (Wildman–Crippen LogP) is 4.62. The van der Waals surface area contributed by atoms with Crippen LogP contribution in [0.25, 0.3) is 21.9 Å². The van der Waals surface area contributed by atoms with Crippen LogP contribution in [0.3, 0.4) is 0 Å². The van der Waals surface area contributed by atoms with E-state index in [4.69, 9.17) is 4.74 Å². The van der Waals surface area contributed by atoms with Crippen molar-refractivity contribution in [2.75, 3.05) is 11.9 Å². The highest BCUT2D eigenvalue weighted by Gasteiger charge is 2.23. The zero-order chi connectivity index (χ0) is 23.5. The number of carbonyl (C=O) groups is 2. The van der Waals surface area contributed by atoms with Gasteiger partial charge in [0, 0.05) is 23.7 Å². The van der Waals surface area contributed by atoms with Gasteiger partial charge in [-0.2, -0.15) is 0 Å². The largest absolute Gasteiger partial charge is 0.451 e. The number of esters is 1. The number of carbonyl (C=O) groups excluding carboxylic acids is 2. The first-order valence-electron chi connectivity index (χ1n) is 10.6. The number of fused-ring (bicyclic) bond motifs is 1. The van der Waals surface area contributed by atoms with Crippen molar-refractivity contribution < 1.29 is 14.3 Å². The van der Waals surface area contributed by atoms with Crippen molar-refractivity contribution in [3.63, 3.8) is 0 Å². The van der Waals surface area contributed by atoms with Crippen LogP contribution in [0.1, 0.15) is 21.6 Å². The Balaban J connectivity index is 1.68. The lowest BCUT2D eigenvalue weighted by molar-refractivity contribution is -0.119. The third kappa shape index (κ3) is 4.41. The summed E-state index contributed by atoms with van der Waals surface area (Å²) in [7, 11) is 1.54. The summed E-state index contributed by atoms with van der Waals surface area (Å²) in [6.45, 7) is 3.35. The minimum Gasteiger partial charge on any atom is -0.451 e. The van der Waals surface area contributed by atoms with Gasteiger partial charge in [-0.25, -0.2) is 4.79 Å². The van der Waals surface area contributed by atoms with Gasteiger partial charge in [-0.15, -0.1) is 0 Å². The molecule has 166 valence electrons. The van der Waals surface area contributed by atoms with E-state index in [0.717, 1.165) is 16.7 Å². The van der Waals surface area contributed by atoms with E-state index >= 15 is 0 Å². The molecule has 6 heteroatoms. The topological polar surface area (TPSA) is 77.4 Å². The minimum atomic E-state index is -0.740. The highest BCUT2D eigenvalue weighted by atomic mass is 16.5. The number of rotatable bonds is 5. The number of nitrogens with zero attached hydrogens (tertiary/aromatic N) is 1. The van der Waals surface area contributed by atoms with E-state index in [0.29, 0.717) is 22.0 Å². The van der Waals surface area contributed by atoms with E-state index in [-0.39, 0.29) is 11.3 Å². The summed E-state index contributed by atoms with van der Waals surface area (Å²) < 4.78 is 6.66.